The Morgan fingerprint density at radius 1 is 0.941 bits per heavy atom. The Hall–Kier alpha value is -3.90. The minimum atomic E-state index is -0.576. The van der Waals surface area contributed by atoms with Gasteiger partial charge in [0.1, 0.15) is 10.7 Å². The number of anilines is 3. The van der Waals surface area contributed by atoms with Crippen LogP contribution in [0, 0.1) is 13.8 Å². The first kappa shape index (κ1) is 23.3. The largest absolute Gasteiger partial charge is 0.350 e. The van der Waals surface area contributed by atoms with Gasteiger partial charge in [-0.1, -0.05) is 48.9 Å². The van der Waals surface area contributed by atoms with Crippen LogP contribution in [0.1, 0.15) is 34.0 Å². The van der Waals surface area contributed by atoms with Crippen LogP contribution in [0.3, 0.4) is 0 Å². The van der Waals surface area contributed by atoms with Crippen molar-refractivity contribution in [1.82, 2.24) is 0 Å². The predicted octanol–water partition coefficient (Wildman–Crippen LogP) is 5.55. The van der Waals surface area contributed by atoms with Gasteiger partial charge in [-0.3, -0.25) is 14.4 Å². The first-order valence-corrected chi connectivity index (χ1v) is 11.3. The van der Waals surface area contributed by atoms with E-state index in [0.717, 1.165) is 33.7 Å². The zero-order chi connectivity index (χ0) is 24.4. The van der Waals surface area contributed by atoms with E-state index in [1.807, 2.05) is 57.2 Å². The molecule has 0 aliphatic carbocycles. The van der Waals surface area contributed by atoms with E-state index in [1.165, 1.54) is 0 Å². The van der Waals surface area contributed by atoms with Crippen molar-refractivity contribution >= 4 is 46.4 Å². The fourth-order valence-electron chi connectivity index (χ4n) is 3.78. The van der Waals surface area contributed by atoms with Crippen molar-refractivity contribution in [1.29, 1.82) is 0 Å². The van der Waals surface area contributed by atoms with E-state index >= 15 is 0 Å². The summed E-state index contributed by atoms with van der Waals surface area (Å²) < 4.78 is 0. The number of hydrogen-bond donors (Lipinski definition) is 2. The summed E-state index contributed by atoms with van der Waals surface area (Å²) in [5.41, 5.74) is 5.03. The lowest BCUT2D eigenvalue weighted by Crippen LogP contribution is -2.32. The molecule has 3 aromatic carbocycles. The van der Waals surface area contributed by atoms with Gasteiger partial charge in [0, 0.05) is 16.9 Å². The third kappa shape index (κ3) is 4.45. The third-order valence-corrected chi connectivity index (χ3v) is 6.05. The molecule has 1 aliphatic rings. The summed E-state index contributed by atoms with van der Waals surface area (Å²) in [7, 11) is 0. The lowest BCUT2D eigenvalue weighted by Gasteiger charge is -2.18. The van der Waals surface area contributed by atoms with E-state index in [9.17, 15) is 14.4 Å². The molecule has 7 heteroatoms. The quantitative estimate of drug-likeness (QED) is 0.460. The number of hydrogen-bond acceptors (Lipinski definition) is 4. The van der Waals surface area contributed by atoms with Gasteiger partial charge in [0.2, 0.25) is 0 Å². The van der Waals surface area contributed by atoms with E-state index in [0.29, 0.717) is 16.9 Å². The Morgan fingerprint density at radius 3 is 2.35 bits per heavy atom. The second-order valence-corrected chi connectivity index (χ2v) is 8.47. The molecule has 4 rings (SSSR count). The maximum atomic E-state index is 13.1. The molecule has 6 nitrogen and oxygen atoms in total. The highest BCUT2D eigenvalue weighted by atomic mass is 35.5. The summed E-state index contributed by atoms with van der Waals surface area (Å²) in [5.74, 6) is -1.34. The minimum Gasteiger partial charge on any atom is -0.350 e. The second-order valence-electron chi connectivity index (χ2n) is 8.09. The summed E-state index contributed by atoms with van der Waals surface area (Å²) in [4.78, 5) is 39.6. The molecule has 3 amide bonds. The molecule has 0 aromatic heterocycles. The smallest absolute Gasteiger partial charge is 0.283 e. The molecule has 0 unspecified atom stereocenters. The SMILES string of the molecule is CCc1ccccc1NC(=O)c1ccc(NC2=C(Cl)C(=O)N(c3cc(C)ccc3C)C2=O)cc1. The van der Waals surface area contributed by atoms with Gasteiger partial charge in [-0.2, -0.15) is 0 Å². The molecule has 0 spiro atoms. The zero-order valence-electron chi connectivity index (χ0n) is 19.1. The first-order valence-electron chi connectivity index (χ1n) is 10.9. The standard InChI is InChI=1S/C27H24ClN3O3/c1-4-18-7-5-6-8-21(18)30-25(32)19-11-13-20(14-12-19)29-24-23(28)26(33)31(27(24)34)22-15-16(2)9-10-17(22)3/h5-15,29H,4H2,1-3H3,(H,30,32). The van der Waals surface area contributed by atoms with Crippen LogP contribution >= 0.6 is 11.6 Å². The van der Waals surface area contributed by atoms with Crippen LogP contribution in [0.15, 0.2) is 77.5 Å². The molecule has 0 bridgehead atoms. The Kier molecular flexibility index (Phi) is 6.52. The van der Waals surface area contributed by atoms with Crippen LogP contribution in [-0.4, -0.2) is 17.7 Å². The van der Waals surface area contributed by atoms with Crippen molar-refractivity contribution in [2.24, 2.45) is 0 Å². The number of carbonyl (C=O) groups excluding carboxylic acids is 3. The van der Waals surface area contributed by atoms with E-state index in [1.54, 1.807) is 30.3 Å². The summed E-state index contributed by atoms with van der Waals surface area (Å²) in [6, 6.07) is 19.8. The van der Waals surface area contributed by atoms with Crippen LogP contribution in [0.25, 0.3) is 0 Å². The molecule has 0 saturated carbocycles. The number of nitrogens with one attached hydrogen (secondary N) is 2. The highest BCUT2D eigenvalue weighted by Gasteiger charge is 2.39. The number of nitrogens with zero attached hydrogens (tertiary/aromatic N) is 1. The van der Waals surface area contributed by atoms with Crippen LogP contribution in [0.5, 0.6) is 0 Å². The number of benzene rings is 3. The maximum absolute atomic E-state index is 13.1. The molecular formula is C27H24ClN3O3. The Balaban J connectivity index is 1.51. The first-order chi connectivity index (χ1) is 16.3. The minimum absolute atomic E-state index is 0.00153. The van der Waals surface area contributed by atoms with Gasteiger partial charge in [0.25, 0.3) is 17.7 Å². The van der Waals surface area contributed by atoms with Crippen molar-refractivity contribution < 1.29 is 14.4 Å². The van der Waals surface area contributed by atoms with Crippen molar-refractivity contribution in [2.75, 3.05) is 15.5 Å². The monoisotopic (exact) mass is 473 g/mol. The molecule has 0 saturated heterocycles. The van der Waals surface area contributed by atoms with Crippen molar-refractivity contribution in [3.8, 4) is 0 Å². The van der Waals surface area contributed by atoms with Gasteiger partial charge < -0.3 is 10.6 Å². The number of carbonyl (C=O) groups is 3. The highest BCUT2D eigenvalue weighted by molar-refractivity contribution is 6.53. The average molecular weight is 474 g/mol. The van der Waals surface area contributed by atoms with Crippen molar-refractivity contribution in [2.45, 2.75) is 27.2 Å². The molecule has 2 N–H and O–H groups in total. The number of imide groups is 1. The number of para-hydroxylation sites is 1. The van der Waals surface area contributed by atoms with Crippen molar-refractivity contribution in [3.63, 3.8) is 0 Å². The van der Waals surface area contributed by atoms with Crippen LogP contribution in [-0.2, 0) is 16.0 Å². The highest BCUT2D eigenvalue weighted by Crippen LogP contribution is 2.32. The molecule has 34 heavy (non-hydrogen) atoms. The van der Waals surface area contributed by atoms with Crippen molar-refractivity contribution in [3.05, 3.63) is 99.7 Å². The van der Waals surface area contributed by atoms with E-state index in [4.69, 9.17) is 11.6 Å². The lowest BCUT2D eigenvalue weighted by molar-refractivity contribution is -0.120. The molecule has 0 fully saturated rings. The molecule has 0 atom stereocenters. The summed E-state index contributed by atoms with van der Waals surface area (Å²) >= 11 is 6.25. The number of aryl methyl sites for hydroxylation is 3. The third-order valence-electron chi connectivity index (χ3n) is 5.70. The molecule has 0 radical (unpaired) electrons. The van der Waals surface area contributed by atoms with Gasteiger partial charge in [-0.05, 0) is 73.4 Å². The fraction of sp³-hybridized carbons (Fsp3) is 0.148. The second kappa shape index (κ2) is 9.53. The molecule has 172 valence electrons. The molecular weight excluding hydrogens is 450 g/mol. The molecule has 1 heterocycles. The lowest BCUT2D eigenvalue weighted by atomic mass is 10.1. The number of rotatable bonds is 6. The summed E-state index contributed by atoms with van der Waals surface area (Å²) in [6.07, 6.45) is 0.807. The maximum Gasteiger partial charge on any atom is 0.283 e. The van der Waals surface area contributed by atoms with Crippen LogP contribution in [0.4, 0.5) is 17.1 Å². The topological polar surface area (TPSA) is 78.5 Å². The van der Waals surface area contributed by atoms with Gasteiger partial charge in [0.15, 0.2) is 0 Å². The van der Waals surface area contributed by atoms with E-state index in [2.05, 4.69) is 10.6 Å². The van der Waals surface area contributed by atoms with Gasteiger partial charge in [-0.25, -0.2) is 4.90 Å². The molecule has 3 aromatic rings. The Bertz CT molecular complexity index is 1330. The van der Waals surface area contributed by atoms with Crippen LogP contribution in [0.2, 0.25) is 0 Å². The average Bonchev–Trinajstić information content (AvgIpc) is 3.04. The fourth-order valence-corrected chi connectivity index (χ4v) is 4.00. The van der Waals surface area contributed by atoms with Crippen LogP contribution < -0.4 is 15.5 Å². The summed E-state index contributed by atoms with van der Waals surface area (Å²) in [6.45, 7) is 5.75. The van der Waals surface area contributed by atoms with Gasteiger partial charge in [0.05, 0.1) is 5.69 Å². The normalized spacial score (nSPS) is 13.5. The zero-order valence-corrected chi connectivity index (χ0v) is 19.9. The van der Waals surface area contributed by atoms with E-state index in [-0.39, 0.29) is 16.6 Å². The van der Waals surface area contributed by atoms with Gasteiger partial charge in [-0.15, -0.1) is 0 Å². The number of halogens is 1. The van der Waals surface area contributed by atoms with E-state index < -0.39 is 11.8 Å². The van der Waals surface area contributed by atoms with Gasteiger partial charge >= 0.3 is 0 Å². The summed E-state index contributed by atoms with van der Waals surface area (Å²) in [5, 5.41) is 5.69. The Labute approximate surface area is 203 Å². The Morgan fingerprint density at radius 2 is 1.65 bits per heavy atom. The number of amides is 3. The predicted molar refractivity (Wildman–Crippen MR) is 135 cm³/mol. The molecule has 1 aliphatic heterocycles.